The molecule has 6 heteroatoms. The van der Waals surface area contributed by atoms with Gasteiger partial charge in [0.25, 0.3) is 5.56 Å². The van der Waals surface area contributed by atoms with Gasteiger partial charge in [-0.05, 0) is 36.8 Å². The highest BCUT2D eigenvalue weighted by Crippen LogP contribution is 2.26. The van der Waals surface area contributed by atoms with Gasteiger partial charge >= 0.3 is 0 Å². The predicted octanol–water partition coefficient (Wildman–Crippen LogP) is 5.27. The molecule has 0 spiro atoms. The Morgan fingerprint density at radius 2 is 1.58 bits per heavy atom. The summed E-state index contributed by atoms with van der Waals surface area (Å²) in [7, 11) is 0. The van der Waals surface area contributed by atoms with Crippen LogP contribution in [0.4, 0.5) is 4.39 Å². The molecule has 0 radical (unpaired) electrons. The van der Waals surface area contributed by atoms with Crippen molar-refractivity contribution in [1.29, 1.82) is 0 Å². The monoisotopic (exact) mass is 443 g/mol. The SMILES string of the molecule is CC(C)C(=O)N(Cc1ccccc1)C(C)c1nc2ccccc2c(=O)n1-c1ccccc1F. The fraction of sp³-hybridized carbons (Fsp3) is 0.222. The summed E-state index contributed by atoms with van der Waals surface area (Å²) in [6, 6.07) is 22.2. The number of para-hydroxylation sites is 2. The van der Waals surface area contributed by atoms with Crippen molar-refractivity contribution in [3.63, 3.8) is 0 Å². The molecule has 0 N–H and O–H groups in total. The van der Waals surface area contributed by atoms with Gasteiger partial charge in [0, 0.05) is 12.5 Å². The van der Waals surface area contributed by atoms with Crippen LogP contribution < -0.4 is 5.56 Å². The first kappa shape index (κ1) is 22.4. The second-order valence-corrected chi connectivity index (χ2v) is 8.36. The van der Waals surface area contributed by atoms with E-state index >= 15 is 0 Å². The minimum atomic E-state index is -0.586. The molecule has 1 unspecified atom stereocenters. The van der Waals surface area contributed by atoms with Gasteiger partial charge in [-0.25, -0.2) is 9.37 Å². The van der Waals surface area contributed by atoms with E-state index in [1.54, 1.807) is 47.4 Å². The maximum atomic E-state index is 14.9. The Morgan fingerprint density at radius 3 is 2.27 bits per heavy atom. The molecule has 1 aromatic heterocycles. The van der Waals surface area contributed by atoms with E-state index in [9.17, 15) is 14.0 Å². The number of rotatable bonds is 6. The van der Waals surface area contributed by atoms with Crippen molar-refractivity contribution in [3.05, 3.63) is 106 Å². The fourth-order valence-electron chi connectivity index (χ4n) is 3.95. The molecule has 4 aromatic rings. The Bertz CT molecular complexity index is 1350. The Kier molecular flexibility index (Phi) is 6.36. The van der Waals surface area contributed by atoms with Crippen molar-refractivity contribution in [2.24, 2.45) is 5.92 Å². The number of aromatic nitrogens is 2. The van der Waals surface area contributed by atoms with Crippen LogP contribution in [0.3, 0.4) is 0 Å². The maximum Gasteiger partial charge on any atom is 0.266 e. The normalized spacial score (nSPS) is 12.2. The number of halogens is 1. The topological polar surface area (TPSA) is 55.2 Å². The summed E-state index contributed by atoms with van der Waals surface area (Å²) in [5, 5.41) is 0.390. The van der Waals surface area contributed by atoms with Crippen molar-refractivity contribution >= 4 is 16.8 Å². The fourth-order valence-corrected chi connectivity index (χ4v) is 3.95. The Balaban J connectivity index is 1.94. The van der Waals surface area contributed by atoms with E-state index in [1.807, 2.05) is 51.1 Å². The van der Waals surface area contributed by atoms with Crippen LogP contribution >= 0.6 is 0 Å². The molecule has 0 aliphatic heterocycles. The molecule has 168 valence electrons. The molecule has 1 atom stereocenters. The largest absolute Gasteiger partial charge is 0.328 e. The summed E-state index contributed by atoms with van der Waals surface area (Å²) < 4.78 is 16.2. The smallest absolute Gasteiger partial charge is 0.266 e. The minimum absolute atomic E-state index is 0.0751. The molecule has 0 aliphatic carbocycles. The number of hydrogen-bond donors (Lipinski definition) is 0. The third kappa shape index (κ3) is 4.42. The Morgan fingerprint density at radius 1 is 0.939 bits per heavy atom. The molecule has 4 rings (SSSR count). The van der Waals surface area contributed by atoms with Gasteiger partial charge in [0.15, 0.2) is 0 Å². The lowest BCUT2D eigenvalue weighted by Crippen LogP contribution is -2.39. The van der Waals surface area contributed by atoms with E-state index in [0.29, 0.717) is 23.3 Å². The van der Waals surface area contributed by atoms with Crippen molar-refractivity contribution in [3.8, 4) is 5.69 Å². The van der Waals surface area contributed by atoms with E-state index < -0.39 is 11.9 Å². The van der Waals surface area contributed by atoms with E-state index in [0.717, 1.165) is 5.56 Å². The van der Waals surface area contributed by atoms with Gasteiger partial charge in [0.05, 0.1) is 22.6 Å². The quantitative estimate of drug-likeness (QED) is 0.408. The number of fused-ring (bicyclic) bond motifs is 1. The first-order valence-electron chi connectivity index (χ1n) is 11.0. The number of nitrogens with zero attached hydrogens (tertiary/aromatic N) is 3. The highest BCUT2D eigenvalue weighted by molar-refractivity contribution is 5.80. The second-order valence-electron chi connectivity index (χ2n) is 8.36. The van der Waals surface area contributed by atoms with Crippen LogP contribution in [0.15, 0.2) is 83.7 Å². The molecule has 5 nitrogen and oxygen atoms in total. The molecule has 1 amide bonds. The number of hydrogen-bond acceptors (Lipinski definition) is 3. The molecule has 0 aliphatic rings. The van der Waals surface area contributed by atoms with Gasteiger partial charge in [-0.2, -0.15) is 0 Å². The van der Waals surface area contributed by atoms with E-state index in [-0.39, 0.29) is 23.1 Å². The highest BCUT2D eigenvalue weighted by Gasteiger charge is 2.29. The van der Waals surface area contributed by atoms with Crippen LogP contribution in [0.2, 0.25) is 0 Å². The first-order chi connectivity index (χ1) is 15.9. The van der Waals surface area contributed by atoms with Crippen molar-refractivity contribution < 1.29 is 9.18 Å². The molecule has 0 saturated heterocycles. The summed E-state index contributed by atoms with van der Waals surface area (Å²) in [5.41, 5.74) is 1.20. The summed E-state index contributed by atoms with van der Waals surface area (Å²) >= 11 is 0. The van der Waals surface area contributed by atoms with Crippen LogP contribution in [0.1, 0.15) is 38.2 Å². The minimum Gasteiger partial charge on any atom is -0.328 e. The van der Waals surface area contributed by atoms with Crippen molar-refractivity contribution in [2.75, 3.05) is 0 Å². The molecule has 0 saturated carbocycles. The average Bonchev–Trinajstić information content (AvgIpc) is 2.83. The number of carbonyl (C=O) groups is 1. The predicted molar refractivity (Wildman–Crippen MR) is 128 cm³/mol. The van der Waals surface area contributed by atoms with Gasteiger partial charge in [-0.15, -0.1) is 0 Å². The Hall–Kier alpha value is -3.80. The van der Waals surface area contributed by atoms with Gasteiger partial charge in [-0.1, -0.05) is 68.4 Å². The second kappa shape index (κ2) is 9.36. The summed E-state index contributed by atoms with van der Waals surface area (Å²) in [6.07, 6.45) is 0. The summed E-state index contributed by atoms with van der Waals surface area (Å²) in [5.74, 6) is -0.553. The Labute approximate surface area is 192 Å². The molecule has 33 heavy (non-hydrogen) atoms. The van der Waals surface area contributed by atoms with Crippen LogP contribution in [-0.2, 0) is 11.3 Å². The van der Waals surface area contributed by atoms with Crippen LogP contribution in [-0.4, -0.2) is 20.4 Å². The van der Waals surface area contributed by atoms with Crippen LogP contribution in [0.5, 0.6) is 0 Å². The molecule has 1 heterocycles. The highest BCUT2D eigenvalue weighted by atomic mass is 19.1. The maximum absolute atomic E-state index is 14.9. The summed E-state index contributed by atoms with van der Waals surface area (Å²) in [6.45, 7) is 5.85. The lowest BCUT2D eigenvalue weighted by molar-refractivity contribution is -0.137. The number of benzene rings is 3. The zero-order chi connectivity index (χ0) is 23.5. The van der Waals surface area contributed by atoms with Gasteiger partial charge in [-0.3, -0.25) is 14.2 Å². The zero-order valence-corrected chi connectivity index (χ0v) is 18.9. The van der Waals surface area contributed by atoms with Crippen LogP contribution in [0, 0.1) is 11.7 Å². The van der Waals surface area contributed by atoms with Crippen LogP contribution in [0.25, 0.3) is 16.6 Å². The van der Waals surface area contributed by atoms with Crippen molar-refractivity contribution in [1.82, 2.24) is 14.5 Å². The lowest BCUT2D eigenvalue weighted by atomic mass is 10.1. The first-order valence-corrected chi connectivity index (χ1v) is 11.0. The number of carbonyl (C=O) groups excluding carboxylic acids is 1. The van der Waals surface area contributed by atoms with E-state index in [2.05, 4.69) is 0 Å². The molecule has 3 aromatic carbocycles. The average molecular weight is 444 g/mol. The molecular weight excluding hydrogens is 417 g/mol. The molecule has 0 fully saturated rings. The zero-order valence-electron chi connectivity index (χ0n) is 18.9. The van der Waals surface area contributed by atoms with E-state index in [1.165, 1.54) is 10.6 Å². The van der Waals surface area contributed by atoms with Gasteiger partial charge < -0.3 is 4.90 Å². The van der Waals surface area contributed by atoms with Crippen molar-refractivity contribution in [2.45, 2.75) is 33.4 Å². The van der Waals surface area contributed by atoms with Gasteiger partial charge in [0.1, 0.15) is 11.6 Å². The van der Waals surface area contributed by atoms with Gasteiger partial charge in [0.2, 0.25) is 5.91 Å². The third-order valence-corrected chi connectivity index (χ3v) is 5.71. The molecular formula is C27H26FN3O2. The lowest BCUT2D eigenvalue weighted by Gasteiger charge is -2.32. The van der Waals surface area contributed by atoms with E-state index in [4.69, 9.17) is 4.98 Å². The standard InChI is InChI=1S/C27H26FN3O2/c1-18(2)26(32)30(17-20-11-5-4-6-12-20)19(3)25-29-23-15-9-7-13-21(23)27(33)31(25)24-16-10-8-14-22(24)28/h4-16,18-19H,17H2,1-3H3. The molecule has 0 bridgehead atoms. The number of amides is 1. The third-order valence-electron chi connectivity index (χ3n) is 5.71. The summed E-state index contributed by atoms with van der Waals surface area (Å²) in [4.78, 5) is 33.3.